The third-order valence-electron chi connectivity index (χ3n) is 6.65. The SMILES string of the molecule is CC(=O)c1ccccc1CNc1nc(NC2CCC(N)CC2)n(C(C)C)c2c(C(C)C)nnc1-2. The Bertz CT molecular complexity index is 1110. The van der Waals surface area contributed by atoms with Gasteiger partial charge < -0.3 is 20.9 Å². The molecular formula is C26H37N7O. The largest absolute Gasteiger partial charge is 0.364 e. The molecule has 8 nitrogen and oxygen atoms in total. The fourth-order valence-electron chi connectivity index (χ4n) is 4.80. The number of aromatic nitrogens is 4. The van der Waals surface area contributed by atoms with Crippen LogP contribution in [0.4, 0.5) is 11.8 Å². The highest BCUT2D eigenvalue weighted by Crippen LogP contribution is 2.38. The van der Waals surface area contributed by atoms with Gasteiger partial charge in [-0.3, -0.25) is 4.79 Å². The summed E-state index contributed by atoms with van der Waals surface area (Å²) in [6.07, 6.45) is 4.10. The van der Waals surface area contributed by atoms with Crippen molar-refractivity contribution in [2.75, 3.05) is 10.6 Å². The maximum Gasteiger partial charge on any atom is 0.205 e. The number of hydrogen-bond acceptors (Lipinski definition) is 7. The van der Waals surface area contributed by atoms with Gasteiger partial charge in [0.05, 0.1) is 11.4 Å². The van der Waals surface area contributed by atoms with Crippen molar-refractivity contribution in [2.24, 2.45) is 5.73 Å². The van der Waals surface area contributed by atoms with Crippen molar-refractivity contribution < 1.29 is 4.79 Å². The van der Waals surface area contributed by atoms with Gasteiger partial charge in [-0.1, -0.05) is 38.1 Å². The average Bonchev–Trinajstić information content (AvgIpc) is 3.24. The van der Waals surface area contributed by atoms with E-state index in [9.17, 15) is 4.79 Å². The molecule has 0 aromatic heterocycles. The van der Waals surface area contributed by atoms with E-state index in [-0.39, 0.29) is 17.7 Å². The van der Waals surface area contributed by atoms with E-state index in [2.05, 4.69) is 53.1 Å². The van der Waals surface area contributed by atoms with Crippen molar-refractivity contribution in [3.63, 3.8) is 0 Å². The lowest BCUT2D eigenvalue weighted by Gasteiger charge is -2.30. The number of nitrogens with two attached hydrogens (primary N) is 1. The van der Waals surface area contributed by atoms with Crippen LogP contribution >= 0.6 is 0 Å². The van der Waals surface area contributed by atoms with Crippen molar-refractivity contribution in [3.8, 4) is 11.4 Å². The molecule has 4 N–H and O–H groups in total. The fraction of sp³-hybridized carbons (Fsp3) is 0.538. The Balaban J connectivity index is 1.75. The number of nitrogens with one attached hydrogen (secondary N) is 2. The molecular weight excluding hydrogens is 426 g/mol. The number of hydrogen-bond donors (Lipinski definition) is 3. The maximum atomic E-state index is 12.1. The van der Waals surface area contributed by atoms with Crippen LogP contribution in [-0.4, -0.2) is 37.6 Å². The minimum Gasteiger partial charge on any atom is -0.364 e. The molecule has 1 fully saturated rings. The van der Waals surface area contributed by atoms with Crippen LogP contribution in [0.5, 0.6) is 0 Å². The molecule has 3 aliphatic rings. The second kappa shape index (κ2) is 10.1. The lowest BCUT2D eigenvalue weighted by Crippen LogP contribution is -2.34. The average molecular weight is 464 g/mol. The molecule has 0 amide bonds. The molecule has 1 aromatic rings. The van der Waals surface area contributed by atoms with Gasteiger partial charge >= 0.3 is 0 Å². The second-order valence-electron chi connectivity index (χ2n) is 10.0. The van der Waals surface area contributed by atoms with E-state index in [0.29, 0.717) is 30.0 Å². The molecule has 0 saturated heterocycles. The highest BCUT2D eigenvalue weighted by molar-refractivity contribution is 5.95. The van der Waals surface area contributed by atoms with Gasteiger partial charge in [-0.15, -0.1) is 5.10 Å². The van der Waals surface area contributed by atoms with E-state index in [1.807, 2.05) is 24.3 Å². The zero-order valence-electron chi connectivity index (χ0n) is 20.9. The topological polar surface area (TPSA) is 111 Å². The highest BCUT2D eigenvalue weighted by Gasteiger charge is 2.29. The first-order valence-corrected chi connectivity index (χ1v) is 12.4. The summed E-state index contributed by atoms with van der Waals surface area (Å²) in [5.41, 5.74) is 10.5. The van der Waals surface area contributed by atoms with E-state index < -0.39 is 0 Å². The zero-order chi connectivity index (χ0) is 24.4. The molecule has 34 heavy (non-hydrogen) atoms. The smallest absolute Gasteiger partial charge is 0.205 e. The predicted molar refractivity (Wildman–Crippen MR) is 137 cm³/mol. The molecule has 182 valence electrons. The zero-order valence-corrected chi connectivity index (χ0v) is 20.9. The third kappa shape index (κ3) is 4.92. The molecule has 1 saturated carbocycles. The van der Waals surface area contributed by atoms with Gasteiger partial charge in [0.1, 0.15) is 0 Å². The summed E-state index contributed by atoms with van der Waals surface area (Å²) in [5.74, 6) is 1.78. The van der Waals surface area contributed by atoms with Crippen LogP contribution in [0.25, 0.3) is 11.4 Å². The number of Topliss-reactive ketones (excluding diaryl/α,β-unsaturated/α-hetero) is 1. The van der Waals surface area contributed by atoms with Gasteiger partial charge in [0.25, 0.3) is 0 Å². The van der Waals surface area contributed by atoms with Crippen molar-refractivity contribution in [1.29, 1.82) is 0 Å². The Morgan fingerprint density at radius 3 is 2.47 bits per heavy atom. The van der Waals surface area contributed by atoms with Crippen molar-refractivity contribution in [2.45, 2.75) is 90.9 Å². The van der Waals surface area contributed by atoms with Gasteiger partial charge in [0.2, 0.25) is 5.95 Å². The third-order valence-corrected chi connectivity index (χ3v) is 6.65. The van der Waals surface area contributed by atoms with E-state index in [1.165, 1.54) is 0 Å². The summed E-state index contributed by atoms with van der Waals surface area (Å²) in [6.45, 7) is 10.7. The van der Waals surface area contributed by atoms with Crippen LogP contribution in [0.1, 0.15) is 93.9 Å². The minimum absolute atomic E-state index is 0.0503. The maximum absolute atomic E-state index is 12.1. The Kier molecular flexibility index (Phi) is 7.16. The first-order valence-electron chi connectivity index (χ1n) is 12.4. The van der Waals surface area contributed by atoms with Gasteiger partial charge in [0.15, 0.2) is 17.3 Å². The van der Waals surface area contributed by atoms with Crippen LogP contribution in [0.15, 0.2) is 24.3 Å². The molecule has 4 rings (SSSR count). The molecule has 1 aromatic carbocycles. The fourth-order valence-corrected chi connectivity index (χ4v) is 4.80. The number of carbonyl (C=O) groups is 1. The van der Waals surface area contributed by atoms with Gasteiger partial charge in [-0.2, -0.15) is 10.1 Å². The van der Waals surface area contributed by atoms with Gasteiger partial charge in [-0.05, 0) is 57.9 Å². The minimum atomic E-state index is 0.0503. The van der Waals surface area contributed by atoms with Gasteiger partial charge in [-0.25, -0.2) is 0 Å². The molecule has 2 aliphatic heterocycles. The summed E-state index contributed by atoms with van der Waals surface area (Å²) >= 11 is 0. The number of ketones is 1. The molecule has 0 unspecified atom stereocenters. The Morgan fingerprint density at radius 1 is 1.12 bits per heavy atom. The van der Waals surface area contributed by atoms with Gasteiger partial charge in [0, 0.05) is 30.2 Å². The first-order chi connectivity index (χ1) is 16.3. The van der Waals surface area contributed by atoms with E-state index >= 15 is 0 Å². The number of fused-ring (bicyclic) bond motifs is 1. The van der Waals surface area contributed by atoms with Crippen molar-refractivity contribution >= 4 is 17.5 Å². The second-order valence-corrected chi connectivity index (χ2v) is 10.0. The summed E-state index contributed by atoms with van der Waals surface area (Å²) < 4.78 is 2.23. The first kappa shape index (κ1) is 24.1. The molecule has 0 radical (unpaired) electrons. The highest BCUT2D eigenvalue weighted by atomic mass is 16.1. The van der Waals surface area contributed by atoms with E-state index in [1.54, 1.807) is 6.92 Å². The molecule has 8 heteroatoms. The Morgan fingerprint density at radius 2 is 1.82 bits per heavy atom. The summed E-state index contributed by atoms with van der Waals surface area (Å²) in [6, 6.07) is 8.47. The number of anilines is 2. The Labute approximate surface area is 202 Å². The number of carbonyl (C=O) groups excluding carboxylic acids is 1. The lowest BCUT2D eigenvalue weighted by molar-refractivity contribution is 0.101. The summed E-state index contributed by atoms with van der Waals surface area (Å²) in [4.78, 5) is 17.1. The lowest BCUT2D eigenvalue weighted by atomic mass is 9.92. The molecule has 0 spiro atoms. The monoisotopic (exact) mass is 463 g/mol. The molecule has 0 atom stereocenters. The van der Waals surface area contributed by atoms with Crippen LogP contribution in [0, 0.1) is 0 Å². The number of rotatable bonds is 8. The normalized spacial score (nSPS) is 18.6. The van der Waals surface area contributed by atoms with Crippen LogP contribution in [0.2, 0.25) is 0 Å². The van der Waals surface area contributed by atoms with Crippen LogP contribution in [0.3, 0.4) is 0 Å². The number of nitrogens with zero attached hydrogens (tertiary/aromatic N) is 4. The standard InChI is InChI=1S/C26H37N7O/c1-15(2)22-24-23(32-31-22)25(28-14-18-8-6-7-9-21(18)17(5)34)30-26(33(24)16(3)4)29-20-12-10-19(27)11-13-20/h6-9,15-16,19-20,28H,10-14,27H2,1-5H3,(H,29,30). The predicted octanol–water partition coefficient (Wildman–Crippen LogP) is 4.98. The van der Waals surface area contributed by atoms with E-state index in [0.717, 1.165) is 54.3 Å². The molecule has 0 bridgehead atoms. The van der Waals surface area contributed by atoms with Crippen LogP contribution in [-0.2, 0) is 6.54 Å². The van der Waals surface area contributed by atoms with E-state index in [4.69, 9.17) is 10.7 Å². The molecule has 1 aliphatic carbocycles. The van der Waals surface area contributed by atoms with Crippen molar-refractivity contribution in [3.05, 3.63) is 41.1 Å². The van der Waals surface area contributed by atoms with Crippen LogP contribution < -0.4 is 16.4 Å². The molecule has 2 heterocycles. The summed E-state index contributed by atoms with van der Waals surface area (Å²) in [5, 5.41) is 16.3. The quantitative estimate of drug-likeness (QED) is 0.404. The Hall–Kier alpha value is -3.00. The van der Waals surface area contributed by atoms with Crippen molar-refractivity contribution in [1.82, 2.24) is 19.7 Å². The number of benzene rings is 1. The summed E-state index contributed by atoms with van der Waals surface area (Å²) in [7, 11) is 0.